The summed E-state index contributed by atoms with van der Waals surface area (Å²) in [4.78, 5) is 24.5. The Hall–Kier alpha value is -1.66. The first-order valence-electron chi connectivity index (χ1n) is 29.6. The Morgan fingerprint density at radius 3 is 1.21 bits per heavy atom. The van der Waals surface area contributed by atoms with E-state index in [0.29, 0.717) is 25.9 Å². The lowest BCUT2D eigenvalue weighted by Crippen LogP contribution is -2.45. The van der Waals surface area contributed by atoms with E-state index in [9.17, 15) is 19.8 Å². The second-order valence-corrected chi connectivity index (χ2v) is 20.3. The van der Waals surface area contributed by atoms with Crippen molar-refractivity contribution in [1.82, 2.24) is 5.32 Å². The zero-order valence-electron chi connectivity index (χ0n) is 44.4. The SMILES string of the molecule is CCC/C=C\C/C=C\CCCCCCCC(=O)OCCCCCCCCCCCCCCCCCCCCCCCC(=O)NC(CO)C(O)CCCCCCCCCCCCCCCCC. The molecule has 390 valence electrons. The quantitative estimate of drug-likeness (QED) is 0.0321. The lowest BCUT2D eigenvalue weighted by molar-refractivity contribution is -0.143. The first kappa shape index (κ1) is 64.3. The number of unbranched alkanes of at least 4 members (excludes halogenated alkanes) is 40. The van der Waals surface area contributed by atoms with Gasteiger partial charge in [0.05, 0.1) is 25.4 Å². The van der Waals surface area contributed by atoms with Crippen molar-refractivity contribution in [3.05, 3.63) is 24.3 Å². The number of aliphatic hydroxyl groups is 2. The molecular formula is C60H115NO5. The van der Waals surface area contributed by atoms with Gasteiger partial charge in [-0.05, 0) is 51.4 Å². The molecule has 0 aromatic heterocycles. The summed E-state index contributed by atoms with van der Waals surface area (Å²) in [6.07, 6.45) is 67.4. The van der Waals surface area contributed by atoms with E-state index < -0.39 is 12.1 Å². The number of carbonyl (C=O) groups excluding carboxylic acids is 2. The minimum Gasteiger partial charge on any atom is -0.466 e. The van der Waals surface area contributed by atoms with Gasteiger partial charge in [0.25, 0.3) is 0 Å². The maximum Gasteiger partial charge on any atom is 0.305 e. The van der Waals surface area contributed by atoms with Gasteiger partial charge in [0, 0.05) is 12.8 Å². The number of amides is 1. The highest BCUT2D eigenvalue weighted by Gasteiger charge is 2.20. The van der Waals surface area contributed by atoms with Crippen molar-refractivity contribution in [3.63, 3.8) is 0 Å². The molecule has 2 atom stereocenters. The van der Waals surface area contributed by atoms with E-state index in [-0.39, 0.29) is 18.5 Å². The average molecular weight is 931 g/mol. The van der Waals surface area contributed by atoms with Gasteiger partial charge in [-0.2, -0.15) is 0 Å². The fraction of sp³-hybridized carbons (Fsp3) is 0.900. The number of nitrogens with one attached hydrogen (secondary N) is 1. The largest absolute Gasteiger partial charge is 0.466 e. The standard InChI is InChI=1S/C60H115NO5/c1-3-5-7-9-11-13-15-17-25-29-32-36-40-44-48-52-58(63)57(56-62)61-59(64)53-49-45-41-37-33-30-26-23-21-19-18-20-22-24-27-31-35-39-43-47-51-55-66-60(65)54-50-46-42-38-34-28-16-14-12-10-8-6-4-2/h8,10,14,16,57-58,62-63H,3-7,9,11-13,15,17-56H2,1-2H3,(H,61,64)/b10-8-,16-14-. The number of ether oxygens (including phenoxy) is 1. The predicted octanol–water partition coefficient (Wildman–Crippen LogP) is 18.2. The first-order chi connectivity index (χ1) is 32.5. The summed E-state index contributed by atoms with van der Waals surface area (Å²) in [6, 6.07) is -0.542. The van der Waals surface area contributed by atoms with Crippen molar-refractivity contribution >= 4 is 11.9 Å². The van der Waals surface area contributed by atoms with Gasteiger partial charge in [-0.1, -0.05) is 282 Å². The number of carbonyl (C=O) groups is 2. The van der Waals surface area contributed by atoms with E-state index in [1.807, 2.05) is 0 Å². The van der Waals surface area contributed by atoms with Gasteiger partial charge in [-0.3, -0.25) is 9.59 Å². The van der Waals surface area contributed by atoms with Crippen molar-refractivity contribution in [1.29, 1.82) is 0 Å². The zero-order valence-corrected chi connectivity index (χ0v) is 44.4. The van der Waals surface area contributed by atoms with Crippen LogP contribution >= 0.6 is 0 Å². The lowest BCUT2D eigenvalue weighted by atomic mass is 10.0. The fourth-order valence-corrected chi connectivity index (χ4v) is 9.21. The van der Waals surface area contributed by atoms with Gasteiger partial charge < -0.3 is 20.3 Å². The predicted molar refractivity (Wildman–Crippen MR) is 287 cm³/mol. The highest BCUT2D eigenvalue weighted by molar-refractivity contribution is 5.76. The fourth-order valence-electron chi connectivity index (χ4n) is 9.21. The van der Waals surface area contributed by atoms with Crippen LogP contribution in [-0.4, -0.2) is 47.4 Å². The smallest absolute Gasteiger partial charge is 0.305 e. The molecule has 0 spiro atoms. The number of rotatable bonds is 55. The molecule has 3 N–H and O–H groups in total. The highest BCUT2D eigenvalue weighted by atomic mass is 16.5. The van der Waals surface area contributed by atoms with Gasteiger partial charge >= 0.3 is 5.97 Å². The summed E-state index contributed by atoms with van der Waals surface area (Å²) < 4.78 is 5.46. The van der Waals surface area contributed by atoms with Crippen LogP contribution in [0.5, 0.6) is 0 Å². The Bertz CT molecular complexity index is 1030. The molecule has 0 rings (SSSR count). The molecule has 0 saturated carbocycles. The van der Waals surface area contributed by atoms with Gasteiger partial charge in [0.1, 0.15) is 0 Å². The minimum atomic E-state index is -0.664. The summed E-state index contributed by atoms with van der Waals surface area (Å²) in [5.74, 6) is -0.0376. The van der Waals surface area contributed by atoms with Gasteiger partial charge in [-0.25, -0.2) is 0 Å². The second-order valence-electron chi connectivity index (χ2n) is 20.3. The first-order valence-corrected chi connectivity index (χ1v) is 29.6. The van der Waals surface area contributed by atoms with Crippen molar-refractivity contribution in [2.75, 3.05) is 13.2 Å². The number of allylic oxidation sites excluding steroid dienone is 4. The molecular weight excluding hydrogens is 815 g/mol. The van der Waals surface area contributed by atoms with Crippen molar-refractivity contribution in [2.24, 2.45) is 0 Å². The molecule has 0 aliphatic carbocycles. The number of hydrogen-bond acceptors (Lipinski definition) is 5. The van der Waals surface area contributed by atoms with Crippen LogP contribution in [0.1, 0.15) is 322 Å². The summed E-state index contributed by atoms with van der Waals surface area (Å²) in [5.41, 5.74) is 0. The summed E-state index contributed by atoms with van der Waals surface area (Å²) in [5, 5.41) is 23.3. The van der Waals surface area contributed by atoms with E-state index in [1.54, 1.807) is 0 Å². The van der Waals surface area contributed by atoms with Crippen molar-refractivity contribution < 1.29 is 24.5 Å². The Balaban J connectivity index is 3.39. The molecule has 0 aromatic carbocycles. The molecule has 2 unspecified atom stereocenters. The van der Waals surface area contributed by atoms with Crippen LogP contribution in [0.4, 0.5) is 0 Å². The van der Waals surface area contributed by atoms with Crippen molar-refractivity contribution in [3.8, 4) is 0 Å². The molecule has 0 heterocycles. The molecule has 0 radical (unpaired) electrons. The molecule has 1 amide bonds. The summed E-state index contributed by atoms with van der Waals surface area (Å²) in [6.45, 7) is 4.89. The summed E-state index contributed by atoms with van der Waals surface area (Å²) >= 11 is 0. The third-order valence-corrected chi connectivity index (χ3v) is 13.7. The van der Waals surface area contributed by atoms with Crippen LogP contribution in [0.2, 0.25) is 0 Å². The number of aliphatic hydroxyl groups excluding tert-OH is 2. The van der Waals surface area contributed by atoms with E-state index >= 15 is 0 Å². The van der Waals surface area contributed by atoms with Crippen LogP contribution in [0.25, 0.3) is 0 Å². The topological polar surface area (TPSA) is 95.9 Å². The Kier molecular flexibility index (Phi) is 54.5. The van der Waals surface area contributed by atoms with E-state index in [1.165, 1.54) is 238 Å². The summed E-state index contributed by atoms with van der Waals surface area (Å²) in [7, 11) is 0. The van der Waals surface area contributed by atoms with Crippen LogP contribution < -0.4 is 5.32 Å². The molecule has 0 saturated heterocycles. The molecule has 6 heteroatoms. The normalized spacial score (nSPS) is 12.7. The number of hydrogen-bond donors (Lipinski definition) is 3. The molecule has 66 heavy (non-hydrogen) atoms. The maximum atomic E-state index is 12.5. The zero-order chi connectivity index (χ0) is 47.9. The second kappa shape index (κ2) is 55.9. The molecule has 0 aliphatic rings. The maximum absolute atomic E-state index is 12.5. The lowest BCUT2D eigenvalue weighted by Gasteiger charge is -2.22. The Morgan fingerprint density at radius 1 is 0.424 bits per heavy atom. The van der Waals surface area contributed by atoms with Gasteiger partial charge in [0.15, 0.2) is 0 Å². The van der Waals surface area contributed by atoms with Crippen LogP contribution in [-0.2, 0) is 14.3 Å². The van der Waals surface area contributed by atoms with Gasteiger partial charge in [-0.15, -0.1) is 0 Å². The third kappa shape index (κ3) is 51.7. The van der Waals surface area contributed by atoms with Gasteiger partial charge in [0.2, 0.25) is 5.91 Å². The molecule has 0 aliphatic heterocycles. The Morgan fingerprint density at radius 2 is 0.788 bits per heavy atom. The average Bonchev–Trinajstić information content (AvgIpc) is 3.32. The Labute approximate surface area is 411 Å². The van der Waals surface area contributed by atoms with E-state index in [2.05, 4.69) is 43.5 Å². The van der Waals surface area contributed by atoms with E-state index in [0.717, 1.165) is 51.4 Å². The monoisotopic (exact) mass is 930 g/mol. The van der Waals surface area contributed by atoms with Crippen molar-refractivity contribution in [2.45, 2.75) is 334 Å². The minimum absolute atomic E-state index is 0.00312. The molecule has 6 nitrogen and oxygen atoms in total. The molecule has 0 bridgehead atoms. The molecule has 0 fully saturated rings. The number of esters is 1. The van der Waals surface area contributed by atoms with Crippen LogP contribution in [0.3, 0.4) is 0 Å². The third-order valence-electron chi connectivity index (χ3n) is 13.7. The van der Waals surface area contributed by atoms with E-state index in [4.69, 9.17) is 4.74 Å². The molecule has 0 aromatic rings. The van der Waals surface area contributed by atoms with Crippen LogP contribution in [0.15, 0.2) is 24.3 Å². The van der Waals surface area contributed by atoms with Crippen LogP contribution in [0, 0.1) is 0 Å². The highest BCUT2D eigenvalue weighted by Crippen LogP contribution is 2.18.